The number of hydrogen-bond donors (Lipinski definition) is 1. The Balaban J connectivity index is 1.83. The van der Waals surface area contributed by atoms with Crippen LogP contribution in [-0.4, -0.2) is 29.9 Å². The Morgan fingerprint density at radius 2 is 1.91 bits per heavy atom. The molecule has 1 N–H and O–H groups in total. The summed E-state index contributed by atoms with van der Waals surface area (Å²) >= 11 is 12.5. The van der Waals surface area contributed by atoms with Crippen LogP contribution in [0.25, 0.3) is 0 Å². The highest BCUT2D eigenvalue weighted by Gasteiger charge is 2.26. The topological polar surface area (TPSA) is 32.3 Å². The van der Waals surface area contributed by atoms with Gasteiger partial charge >= 0.3 is 0 Å². The number of piperidine rings is 1. The molecule has 1 fully saturated rings. The van der Waals surface area contributed by atoms with Gasteiger partial charge in [-0.3, -0.25) is 9.69 Å². The average molecular weight is 357 g/mol. The summed E-state index contributed by atoms with van der Waals surface area (Å²) in [6.07, 6.45) is 3.92. The standard InChI is InChI=1S/C18H26Cl2N2O/c1-3-5-13(2)21-18(23)14-8-10-22(11-9-14)12-15-16(19)6-4-7-17(15)20/h4,6-7,13-14H,3,5,8-12H2,1-2H3,(H,21,23). The van der Waals surface area contributed by atoms with Crippen molar-refractivity contribution in [1.82, 2.24) is 10.2 Å². The summed E-state index contributed by atoms with van der Waals surface area (Å²) in [5.41, 5.74) is 0.982. The van der Waals surface area contributed by atoms with E-state index in [1.165, 1.54) is 0 Å². The van der Waals surface area contributed by atoms with Crippen molar-refractivity contribution in [2.24, 2.45) is 5.92 Å². The molecule has 128 valence electrons. The number of rotatable bonds is 6. The van der Waals surface area contributed by atoms with Crippen molar-refractivity contribution in [1.29, 1.82) is 0 Å². The van der Waals surface area contributed by atoms with Crippen LogP contribution in [-0.2, 0) is 11.3 Å². The molecular weight excluding hydrogens is 331 g/mol. The summed E-state index contributed by atoms with van der Waals surface area (Å²) in [4.78, 5) is 14.6. The second-order valence-corrected chi connectivity index (χ2v) is 7.26. The molecule has 1 atom stereocenters. The third kappa shape index (κ3) is 5.37. The van der Waals surface area contributed by atoms with Gasteiger partial charge in [0.1, 0.15) is 0 Å². The first-order chi connectivity index (χ1) is 11.0. The number of nitrogens with one attached hydrogen (secondary N) is 1. The van der Waals surface area contributed by atoms with Gasteiger partial charge in [0.2, 0.25) is 5.91 Å². The molecule has 0 bridgehead atoms. The summed E-state index contributed by atoms with van der Waals surface area (Å²) < 4.78 is 0. The Kier molecular flexibility index (Phi) is 7.19. The maximum atomic E-state index is 12.3. The second-order valence-electron chi connectivity index (χ2n) is 6.45. The lowest BCUT2D eigenvalue weighted by molar-refractivity contribution is -0.127. The van der Waals surface area contributed by atoms with Gasteiger partial charge in [0.05, 0.1) is 0 Å². The van der Waals surface area contributed by atoms with E-state index in [-0.39, 0.29) is 17.9 Å². The SMILES string of the molecule is CCCC(C)NC(=O)C1CCN(Cc2c(Cl)cccc2Cl)CC1. The lowest BCUT2D eigenvalue weighted by atomic mass is 9.95. The van der Waals surface area contributed by atoms with E-state index in [1.54, 1.807) is 0 Å². The number of benzene rings is 1. The van der Waals surface area contributed by atoms with Crippen LogP contribution >= 0.6 is 23.2 Å². The first-order valence-corrected chi connectivity index (χ1v) is 9.22. The van der Waals surface area contributed by atoms with E-state index in [0.29, 0.717) is 10.0 Å². The number of carbonyl (C=O) groups is 1. The zero-order chi connectivity index (χ0) is 16.8. The van der Waals surface area contributed by atoms with Crippen molar-refractivity contribution >= 4 is 29.1 Å². The zero-order valence-electron chi connectivity index (χ0n) is 13.9. The summed E-state index contributed by atoms with van der Waals surface area (Å²) in [6, 6.07) is 5.88. The van der Waals surface area contributed by atoms with Crippen LogP contribution in [0.1, 0.15) is 45.1 Å². The Morgan fingerprint density at radius 1 is 1.30 bits per heavy atom. The van der Waals surface area contributed by atoms with E-state index >= 15 is 0 Å². The second kappa shape index (κ2) is 8.91. The van der Waals surface area contributed by atoms with Gasteiger partial charge in [-0.15, -0.1) is 0 Å². The molecule has 1 saturated heterocycles. The summed E-state index contributed by atoms with van der Waals surface area (Å²) in [5.74, 6) is 0.341. The fourth-order valence-corrected chi connectivity index (χ4v) is 3.64. The summed E-state index contributed by atoms with van der Waals surface area (Å²) in [6.45, 7) is 6.78. The number of amides is 1. The Morgan fingerprint density at radius 3 is 2.48 bits per heavy atom. The highest BCUT2D eigenvalue weighted by molar-refractivity contribution is 6.35. The predicted octanol–water partition coefficient (Wildman–Crippen LogP) is 4.51. The molecule has 1 aliphatic heterocycles. The molecule has 0 saturated carbocycles. The fraction of sp³-hybridized carbons (Fsp3) is 0.611. The number of nitrogens with zero attached hydrogens (tertiary/aromatic N) is 1. The van der Waals surface area contributed by atoms with E-state index in [0.717, 1.165) is 50.9 Å². The minimum Gasteiger partial charge on any atom is -0.353 e. The largest absolute Gasteiger partial charge is 0.353 e. The molecule has 2 rings (SSSR count). The maximum absolute atomic E-state index is 12.3. The quantitative estimate of drug-likeness (QED) is 0.812. The third-order valence-corrected chi connectivity index (χ3v) is 5.22. The Hall–Kier alpha value is -0.770. The van der Waals surface area contributed by atoms with Crippen molar-refractivity contribution in [3.05, 3.63) is 33.8 Å². The highest BCUT2D eigenvalue weighted by atomic mass is 35.5. The average Bonchev–Trinajstić information content (AvgIpc) is 2.52. The summed E-state index contributed by atoms with van der Waals surface area (Å²) in [7, 11) is 0. The molecule has 1 amide bonds. The van der Waals surface area contributed by atoms with E-state index in [2.05, 4.69) is 24.1 Å². The lowest BCUT2D eigenvalue weighted by Gasteiger charge is -2.32. The van der Waals surface area contributed by atoms with Crippen LogP contribution in [0.15, 0.2) is 18.2 Å². The monoisotopic (exact) mass is 356 g/mol. The van der Waals surface area contributed by atoms with Crippen LogP contribution in [0, 0.1) is 5.92 Å². The van der Waals surface area contributed by atoms with Crippen molar-refractivity contribution < 1.29 is 4.79 Å². The van der Waals surface area contributed by atoms with Crippen molar-refractivity contribution in [2.75, 3.05) is 13.1 Å². The fourth-order valence-electron chi connectivity index (χ4n) is 3.13. The van der Waals surface area contributed by atoms with Gasteiger partial charge in [0.25, 0.3) is 0 Å². The van der Waals surface area contributed by atoms with Gasteiger partial charge in [-0.2, -0.15) is 0 Å². The Bertz CT molecular complexity index is 508. The van der Waals surface area contributed by atoms with Crippen LogP contribution in [0.2, 0.25) is 10.0 Å². The van der Waals surface area contributed by atoms with Gasteiger partial charge in [0, 0.05) is 34.1 Å². The molecule has 5 heteroatoms. The molecule has 1 unspecified atom stereocenters. The molecule has 1 aromatic carbocycles. The molecular formula is C18H26Cl2N2O. The van der Waals surface area contributed by atoms with Crippen molar-refractivity contribution in [3.63, 3.8) is 0 Å². The first-order valence-electron chi connectivity index (χ1n) is 8.46. The van der Waals surface area contributed by atoms with E-state index < -0.39 is 0 Å². The van der Waals surface area contributed by atoms with Crippen LogP contribution in [0.5, 0.6) is 0 Å². The minimum absolute atomic E-state index is 0.132. The normalized spacial score (nSPS) is 17.9. The number of likely N-dealkylation sites (tertiary alicyclic amines) is 1. The van der Waals surface area contributed by atoms with Gasteiger partial charge in [-0.05, 0) is 51.4 Å². The Labute approximate surface area is 149 Å². The molecule has 23 heavy (non-hydrogen) atoms. The molecule has 0 spiro atoms. The van der Waals surface area contributed by atoms with Gasteiger partial charge in [-0.25, -0.2) is 0 Å². The van der Waals surface area contributed by atoms with Crippen LogP contribution < -0.4 is 5.32 Å². The van der Waals surface area contributed by atoms with Crippen LogP contribution in [0.4, 0.5) is 0 Å². The van der Waals surface area contributed by atoms with Gasteiger partial charge in [-0.1, -0.05) is 42.6 Å². The summed E-state index contributed by atoms with van der Waals surface area (Å²) in [5, 5.41) is 4.56. The smallest absolute Gasteiger partial charge is 0.223 e. The molecule has 0 aromatic heterocycles. The van der Waals surface area contributed by atoms with Gasteiger partial charge in [0.15, 0.2) is 0 Å². The zero-order valence-corrected chi connectivity index (χ0v) is 15.5. The van der Waals surface area contributed by atoms with Crippen LogP contribution in [0.3, 0.4) is 0 Å². The van der Waals surface area contributed by atoms with E-state index in [9.17, 15) is 4.79 Å². The highest BCUT2D eigenvalue weighted by Crippen LogP contribution is 2.27. The molecule has 1 heterocycles. The molecule has 3 nitrogen and oxygen atoms in total. The number of hydrogen-bond acceptors (Lipinski definition) is 2. The van der Waals surface area contributed by atoms with E-state index in [1.807, 2.05) is 18.2 Å². The number of halogens is 2. The predicted molar refractivity (Wildman–Crippen MR) is 97.0 cm³/mol. The third-order valence-electron chi connectivity index (χ3n) is 4.51. The lowest BCUT2D eigenvalue weighted by Crippen LogP contribution is -2.42. The first kappa shape index (κ1) is 18.6. The van der Waals surface area contributed by atoms with Gasteiger partial charge < -0.3 is 5.32 Å². The van der Waals surface area contributed by atoms with Crippen molar-refractivity contribution in [2.45, 2.75) is 52.1 Å². The van der Waals surface area contributed by atoms with Crippen molar-refractivity contribution in [3.8, 4) is 0 Å². The van der Waals surface area contributed by atoms with E-state index in [4.69, 9.17) is 23.2 Å². The molecule has 1 aliphatic rings. The molecule has 1 aromatic rings. The number of carbonyl (C=O) groups excluding carboxylic acids is 1. The molecule has 0 radical (unpaired) electrons. The maximum Gasteiger partial charge on any atom is 0.223 e. The minimum atomic E-state index is 0.132. The molecule has 0 aliphatic carbocycles.